The second-order valence-corrected chi connectivity index (χ2v) is 4.58. The number of pyridine rings is 1. The van der Waals surface area contributed by atoms with Gasteiger partial charge in [-0.1, -0.05) is 6.07 Å². The molecule has 0 aromatic carbocycles. The van der Waals surface area contributed by atoms with E-state index in [1.54, 1.807) is 13.3 Å². The van der Waals surface area contributed by atoms with Gasteiger partial charge in [-0.15, -0.1) is 0 Å². The van der Waals surface area contributed by atoms with Crippen molar-refractivity contribution in [2.24, 2.45) is 0 Å². The Morgan fingerprint density at radius 3 is 2.74 bits per heavy atom. The predicted octanol–water partition coefficient (Wildman–Crippen LogP) is 0.538. The molecule has 0 fully saturated rings. The molecule has 6 nitrogen and oxygen atoms in total. The van der Waals surface area contributed by atoms with Crippen LogP contribution in [0.3, 0.4) is 0 Å². The van der Waals surface area contributed by atoms with E-state index in [0.29, 0.717) is 19.0 Å². The molecule has 0 aliphatic heterocycles. The van der Waals surface area contributed by atoms with Crippen molar-refractivity contribution in [3.63, 3.8) is 0 Å². The first-order valence-corrected chi connectivity index (χ1v) is 6.09. The highest BCUT2D eigenvalue weighted by Gasteiger charge is 2.13. The molecule has 0 spiro atoms. The number of aliphatic carboxylic acids is 1. The summed E-state index contributed by atoms with van der Waals surface area (Å²) in [5, 5.41) is 8.95. The number of likely N-dealkylation sites (N-methyl/N-ethyl adjacent to an activating group) is 1. The lowest BCUT2D eigenvalue weighted by Crippen LogP contribution is -2.35. The zero-order valence-electron chi connectivity index (χ0n) is 11.7. The van der Waals surface area contributed by atoms with E-state index < -0.39 is 5.97 Å². The minimum atomic E-state index is -0.832. The number of hydrogen-bond donors (Lipinski definition) is 1. The Bertz CT molecular complexity index is 410. The van der Waals surface area contributed by atoms with E-state index in [2.05, 4.69) is 4.98 Å². The minimum Gasteiger partial charge on any atom is -0.481 e. The number of ether oxygens (including phenoxy) is 1. The van der Waals surface area contributed by atoms with Crippen LogP contribution in [-0.2, 0) is 11.3 Å². The summed E-state index contributed by atoms with van der Waals surface area (Å²) in [6.07, 6.45) is 1.66. The Hall–Kier alpha value is -1.66. The summed E-state index contributed by atoms with van der Waals surface area (Å²) < 4.78 is 5.18. The topological polar surface area (TPSA) is 65.9 Å². The molecule has 0 aliphatic carbocycles. The number of carboxylic acid groups (broad SMARTS) is 1. The van der Waals surface area contributed by atoms with E-state index in [-0.39, 0.29) is 6.54 Å². The first kappa shape index (κ1) is 15.4. The number of methoxy groups -OCH3 is 1. The van der Waals surface area contributed by atoms with Crippen molar-refractivity contribution < 1.29 is 14.6 Å². The van der Waals surface area contributed by atoms with Crippen molar-refractivity contribution in [1.82, 2.24) is 14.8 Å². The second-order valence-electron chi connectivity index (χ2n) is 4.58. The van der Waals surface area contributed by atoms with Gasteiger partial charge in [0.05, 0.1) is 13.7 Å². The van der Waals surface area contributed by atoms with E-state index in [1.807, 2.05) is 36.0 Å². The SMILES string of the molecule is COc1ncccc1CN(CCN(C)C)CC(=O)O. The molecule has 1 N–H and O–H groups in total. The third-order valence-corrected chi connectivity index (χ3v) is 2.66. The van der Waals surface area contributed by atoms with Crippen molar-refractivity contribution in [2.75, 3.05) is 40.8 Å². The van der Waals surface area contributed by atoms with Gasteiger partial charge in [0.1, 0.15) is 0 Å². The van der Waals surface area contributed by atoms with Gasteiger partial charge in [0.2, 0.25) is 5.88 Å². The highest BCUT2D eigenvalue weighted by Crippen LogP contribution is 2.15. The predicted molar refractivity (Wildman–Crippen MR) is 72.3 cm³/mol. The van der Waals surface area contributed by atoms with Gasteiger partial charge < -0.3 is 14.7 Å². The van der Waals surface area contributed by atoms with Gasteiger partial charge in [-0.25, -0.2) is 4.98 Å². The maximum atomic E-state index is 10.9. The maximum absolute atomic E-state index is 10.9. The molecule has 6 heteroatoms. The van der Waals surface area contributed by atoms with E-state index in [4.69, 9.17) is 9.84 Å². The van der Waals surface area contributed by atoms with Gasteiger partial charge in [-0.05, 0) is 20.2 Å². The summed E-state index contributed by atoms with van der Waals surface area (Å²) in [6, 6.07) is 3.72. The molecule has 0 saturated carbocycles. The van der Waals surface area contributed by atoms with Crippen LogP contribution in [0.4, 0.5) is 0 Å². The van der Waals surface area contributed by atoms with Crippen LogP contribution in [0.25, 0.3) is 0 Å². The lowest BCUT2D eigenvalue weighted by Gasteiger charge is -2.22. The molecule has 0 saturated heterocycles. The van der Waals surface area contributed by atoms with Crippen molar-refractivity contribution in [3.8, 4) is 5.88 Å². The summed E-state index contributed by atoms with van der Waals surface area (Å²) in [4.78, 5) is 18.9. The molecular formula is C13H21N3O3. The number of aromatic nitrogens is 1. The first-order chi connectivity index (χ1) is 9.02. The summed E-state index contributed by atoms with van der Waals surface area (Å²) in [5.41, 5.74) is 0.894. The van der Waals surface area contributed by atoms with Crippen LogP contribution in [0.1, 0.15) is 5.56 Å². The second kappa shape index (κ2) is 7.70. The molecule has 106 valence electrons. The van der Waals surface area contributed by atoms with Crippen molar-refractivity contribution in [1.29, 1.82) is 0 Å². The Morgan fingerprint density at radius 1 is 1.42 bits per heavy atom. The van der Waals surface area contributed by atoms with E-state index >= 15 is 0 Å². The monoisotopic (exact) mass is 267 g/mol. The van der Waals surface area contributed by atoms with Crippen molar-refractivity contribution >= 4 is 5.97 Å². The van der Waals surface area contributed by atoms with Crippen molar-refractivity contribution in [2.45, 2.75) is 6.54 Å². The van der Waals surface area contributed by atoms with Crippen LogP contribution < -0.4 is 4.74 Å². The average Bonchev–Trinajstić information content (AvgIpc) is 2.36. The number of rotatable bonds is 8. The molecule has 0 atom stereocenters. The molecule has 19 heavy (non-hydrogen) atoms. The molecular weight excluding hydrogens is 246 g/mol. The van der Waals surface area contributed by atoms with Gasteiger partial charge >= 0.3 is 5.97 Å². The summed E-state index contributed by atoms with van der Waals surface area (Å²) in [7, 11) is 5.49. The summed E-state index contributed by atoms with van der Waals surface area (Å²) >= 11 is 0. The quantitative estimate of drug-likeness (QED) is 0.741. The smallest absolute Gasteiger partial charge is 0.317 e. The van der Waals surface area contributed by atoms with Crippen LogP contribution in [0.2, 0.25) is 0 Å². The third-order valence-electron chi connectivity index (χ3n) is 2.66. The molecule has 0 unspecified atom stereocenters. The Balaban J connectivity index is 2.72. The third kappa shape index (κ3) is 5.67. The van der Waals surface area contributed by atoms with Crippen LogP contribution >= 0.6 is 0 Å². The number of carboxylic acids is 1. The fourth-order valence-corrected chi connectivity index (χ4v) is 1.72. The van der Waals surface area contributed by atoms with E-state index in [0.717, 1.165) is 12.1 Å². The van der Waals surface area contributed by atoms with E-state index in [9.17, 15) is 4.79 Å². The molecule has 0 bridgehead atoms. The highest BCUT2D eigenvalue weighted by atomic mass is 16.5. The van der Waals surface area contributed by atoms with Gasteiger partial charge in [0.15, 0.2) is 0 Å². The Morgan fingerprint density at radius 2 is 2.16 bits per heavy atom. The summed E-state index contributed by atoms with van der Waals surface area (Å²) in [5.74, 6) is -0.288. The Kier molecular flexibility index (Phi) is 6.24. The number of hydrogen-bond acceptors (Lipinski definition) is 5. The maximum Gasteiger partial charge on any atom is 0.317 e. The summed E-state index contributed by atoms with van der Waals surface area (Å²) in [6.45, 7) is 2.00. The minimum absolute atomic E-state index is 0.00584. The van der Waals surface area contributed by atoms with Gasteiger partial charge in [0, 0.05) is 31.4 Å². The molecule has 0 amide bonds. The van der Waals surface area contributed by atoms with Crippen LogP contribution in [0.15, 0.2) is 18.3 Å². The van der Waals surface area contributed by atoms with Crippen molar-refractivity contribution in [3.05, 3.63) is 23.9 Å². The Labute approximate surface area is 113 Å². The van der Waals surface area contributed by atoms with Crippen LogP contribution in [0.5, 0.6) is 5.88 Å². The zero-order valence-corrected chi connectivity index (χ0v) is 11.7. The highest BCUT2D eigenvalue weighted by molar-refractivity contribution is 5.69. The fraction of sp³-hybridized carbons (Fsp3) is 0.538. The molecule has 0 radical (unpaired) electrons. The molecule has 1 heterocycles. The molecule has 1 aromatic rings. The number of carbonyl (C=O) groups is 1. The first-order valence-electron chi connectivity index (χ1n) is 6.09. The lowest BCUT2D eigenvalue weighted by atomic mass is 10.2. The van der Waals surface area contributed by atoms with E-state index in [1.165, 1.54) is 0 Å². The molecule has 1 rings (SSSR count). The fourth-order valence-electron chi connectivity index (χ4n) is 1.72. The zero-order chi connectivity index (χ0) is 14.3. The molecule has 0 aliphatic rings. The lowest BCUT2D eigenvalue weighted by molar-refractivity contribution is -0.138. The average molecular weight is 267 g/mol. The van der Waals surface area contributed by atoms with Gasteiger partial charge in [-0.2, -0.15) is 0 Å². The van der Waals surface area contributed by atoms with Gasteiger partial charge in [0.25, 0.3) is 0 Å². The molecule has 1 aromatic heterocycles. The number of nitrogens with zero attached hydrogens (tertiary/aromatic N) is 3. The van der Waals surface area contributed by atoms with Gasteiger partial charge in [-0.3, -0.25) is 9.69 Å². The normalized spacial score (nSPS) is 11.0. The standard InChI is InChI=1S/C13H21N3O3/c1-15(2)7-8-16(10-12(17)18)9-11-5-4-6-14-13(11)19-3/h4-6H,7-10H2,1-3H3,(H,17,18). The van der Waals surface area contributed by atoms with Crippen LogP contribution in [0, 0.1) is 0 Å². The largest absolute Gasteiger partial charge is 0.481 e. The van der Waals surface area contributed by atoms with Crippen LogP contribution in [-0.4, -0.2) is 66.7 Å².